The van der Waals surface area contributed by atoms with Gasteiger partial charge in [-0.25, -0.2) is 13.6 Å². The first kappa shape index (κ1) is 11.6. The van der Waals surface area contributed by atoms with E-state index in [9.17, 15) is 8.42 Å². The smallest absolute Gasteiger partial charge is 0.238 e. The molecule has 0 saturated heterocycles. The molecule has 1 fully saturated rings. The zero-order valence-electron chi connectivity index (χ0n) is 9.02. The Kier molecular flexibility index (Phi) is 3.28. The molecule has 16 heavy (non-hydrogen) atoms. The van der Waals surface area contributed by atoms with Crippen molar-refractivity contribution in [3.8, 4) is 0 Å². The minimum Gasteiger partial charge on any atom is -0.310 e. The third-order valence-electron chi connectivity index (χ3n) is 2.95. The van der Waals surface area contributed by atoms with Crippen molar-refractivity contribution in [1.82, 2.24) is 5.32 Å². The van der Waals surface area contributed by atoms with Gasteiger partial charge in [-0.2, -0.15) is 0 Å². The molecule has 1 saturated carbocycles. The monoisotopic (exact) mass is 240 g/mol. The summed E-state index contributed by atoms with van der Waals surface area (Å²) in [6.45, 7) is 0.787. The molecule has 0 radical (unpaired) electrons. The molecule has 0 amide bonds. The lowest BCUT2D eigenvalue weighted by Gasteiger charge is -2.26. The molecule has 0 atom stereocenters. The van der Waals surface area contributed by atoms with Crippen molar-refractivity contribution in [2.75, 3.05) is 0 Å². The number of nitrogens with two attached hydrogens (primary N) is 1. The summed E-state index contributed by atoms with van der Waals surface area (Å²) < 4.78 is 22.1. The van der Waals surface area contributed by atoms with Gasteiger partial charge in [0.05, 0.1) is 4.90 Å². The zero-order valence-corrected chi connectivity index (χ0v) is 9.83. The maximum Gasteiger partial charge on any atom is 0.238 e. The Labute approximate surface area is 95.9 Å². The molecule has 1 aromatic carbocycles. The minimum absolute atomic E-state index is 0.167. The van der Waals surface area contributed by atoms with Crippen LogP contribution < -0.4 is 10.5 Å². The van der Waals surface area contributed by atoms with Crippen molar-refractivity contribution in [2.24, 2.45) is 5.14 Å². The minimum atomic E-state index is -3.56. The molecule has 0 unspecified atom stereocenters. The van der Waals surface area contributed by atoms with E-state index in [0.29, 0.717) is 6.04 Å². The largest absolute Gasteiger partial charge is 0.310 e. The van der Waals surface area contributed by atoms with Crippen molar-refractivity contribution in [2.45, 2.75) is 36.7 Å². The van der Waals surface area contributed by atoms with Crippen molar-refractivity contribution in [3.63, 3.8) is 0 Å². The Bertz CT molecular complexity index is 449. The third kappa shape index (κ3) is 2.81. The molecule has 1 aliphatic carbocycles. The summed E-state index contributed by atoms with van der Waals surface area (Å²) in [5, 5.41) is 8.43. The molecular weight excluding hydrogens is 224 g/mol. The van der Waals surface area contributed by atoms with Gasteiger partial charge in [-0.1, -0.05) is 18.6 Å². The summed E-state index contributed by atoms with van der Waals surface area (Å²) in [4.78, 5) is 0.167. The van der Waals surface area contributed by atoms with E-state index < -0.39 is 10.0 Å². The van der Waals surface area contributed by atoms with Gasteiger partial charge in [0.15, 0.2) is 0 Å². The van der Waals surface area contributed by atoms with Crippen molar-refractivity contribution in [1.29, 1.82) is 0 Å². The SMILES string of the molecule is NS(=O)(=O)c1ccc(CNC2CCC2)cc1. The third-order valence-corrected chi connectivity index (χ3v) is 3.88. The van der Waals surface area contributed by atoms with E-state index in [1.165, 1.54) is 19.3 Å². The van der Waals surface area contributed by atoms with Gasteiger partial charge >= 0.3 is 0 Å². The molecule has 3 N–H and O–H groups in total. The van der Waals surface area contributed by atoms with Gasteiger partial charge in [0.2, 0.25) is 10.0 Å². The molecule has 0 aromatic heterocycles. The number of benzene rings is 1. The quantitative estimate of drug-likeness (QED) is 0.824. The fraction of sp³-hybridized carbons (Fsp3) is 0.455. The summed E-state index contributed by atoms with van der Waals surface area (Å²) in [6.07, 6.45) is 3.80. The average molecular weight is 240 g/mol. The predicted octanol–water partition coefficient (Wildman–Crippen LogP) is 0.976. The summed E-state index contributed by atoms with van der Waals surface area (Å²) in [5.41, 5.74) is 1.08. The highest BCUT2D eigenvalue weighted by Crippen LogP contribution is 2.18. The first-order valence-electron chi connectivity index (χ1n) is 5.41. The second-order valence-corrected chi connectivity index (χ2v) is 5.76. The van der Waals surface area contributed by atoms with Crippen LogP contribution in [0.1, 0.15) is 24.8 Å². The molecule has 0 spiro atoms. The standard InChI is InChI=1S/C11H16N2O2S/c12-16(14,15)11-6-4-9(5-7-11)8-13-10-2-1-3-10/h4-7,10,13H,1-3,8H2,(H2,12,14,15). The van der Waals surface area contributed by atoms with Crippen LogP contribution in [0.2, 0.25) is 0 Å². The van der Waals surface area contributed by atoms with Crippen LogP contribution >= 0.6 is 0 Å². The second kappa shape index (κ2) is 4.53. The molecule has 0 heterocycles. The van der Waals surface area contributed by atoms with E-state index in [4.69, 9.17) is 5.14 Å². The molecule has 0 aliphatic heterocycles. The van der Waals surface area contributed by atoms with Crippen LogP contribution in [0.5, 0.6) is 0 Å². The van der Waals surface area contributed by atoms with Gasteiger partial charge < -0.3 is 5.32 Å². The van der Waals surface area contributed by atoms with Crippen LogP contribution in [0.15, 0.2) is 29.2 Å². The highest BCUT2D eigenvalue weighted by molar-refractivity contribution is 7.89. The van der Waals surface area contributed by atoms with E-state index >= 15 is 0 Å². The molecule has 1 aromatic rings. The molecule has 2 rings (SSSR count). The van der Waals surface area contributed by atoms with Crippen LogP contribution in [-0.2, 0) is 16.6 Å². The number of nitrogens with one attached hydrogen (secondary N) is 1. The fourth-order valence-corrected chi connectivity index (χ4v) is 2.19. The lowest BCUT2D eigenvalue weighted by molar-refractivity contribution is 0.338. The summed E-state index contributed by atoms with van der Waals surface area (Å²) in [7, 11) is -3.56. The number of rotatable bonds is 4. The van der Waals surface area contributed by atoms with Gasteiger partial charge in [0, 0.05) is 12.6 Å². The number of hydrogen-bond donors (Lipinski definition) is 2. The van der Waals surface area contributed by atoms with E-state index in [1.807, 2.05) is 0 Å². The van der Waals surface area contributed by atoms with Crippen molar-refractivity contribution in [3.05, 3.63) is 29.8 Å². The Hall–Kier alpha value is -0.910. The first-order chi connectivity index (χ1) is 7.55. The van der Waals surface area contributed by atoms with Crippen LogP contribution in [-0.4, -0.2) is 14.5 Å². The Balaban J connectivity index is 1.96. The summed E-state index contributed by atoms with van der Waals surface area (Å²) in [6, 6.07) is 7.33. The molecule has 4 nitrogen and oxygen atoms in total. The van der Waals surface area contributed by atoms with Gasteiger partial charge in [-0.15, -0.1) is 0 Å². The first-order valence-corrected chi connectivity index (χ1v) is 6.95. The Morgan fingerprint density at radius 3 is 2.31 bits per heavy atom. The van der Waals surface area contributed by atoms with E-state index in [2.05, 4.69) is 5.32 Å². The topological polar surface area (TPSA) is 72.2 Å². The lowest BCUT2D eigenvalue weighted by Crippen LogP contribution is -2.34. The zero-order chi connectivity index (χ0) is 11.6. The van der Waals surface area contributed by atoms with Crippen LogP contribution in [0.4, 0.5) is 0 Å². The summed E-state index contributed by atoms with van der Waals surface area (Å²) in [5.74, 6) is 0. The van der Waals surface area contributed by atoms with Gasteiger partial charge in [-0.3, -0.25) is 0 Å². The highest BCUT2D eigenvalue weighted by Gasteiger charge is 2.16. The molecular formula is C11H16N2O2S. The molecule has 88 valence electrons. The van der Waals surface area contributed by atoms with Gasteiger partial charge in [0.25, 0.3) is 0 Å². The van der Waals surface area contributed by atoms with Crippen LogP contribution in [0.3, 0.4) is 0 Å². The van der Waals surface area contributed by atoms with Gasteiger partial charge in [0.1, 0.15) is 0 Å². The van der Waals surface area contributed by atoms with Gasteiger partial charge in [-0.05, 0) is 30.5 Å². The lowest BCUT2D eigenvalue weighted by atomic mass is 9.93. The maximum absolute atomic E-state index is 11.0. The number of sulfonamides is 1. The van der Waals surface area contributed by atoms with E-state index in [0.717, 1.165) is 12.1 Å². The van der Waals surface area contributed by atoms with Crippen LogP contribution in [0, 0.1) is 0 Å². The molecule has 1 aliphatic rings. The van der Waals surface area contributed by atoms with E-state index in [1.54, 1.807) is 24.3 Å². The highest BCUT2D eigenvalue weighted by atomic mass is 32.2. The number of primary sulfonamides is 1. The fourth-order valence-electron chi connectivity index (χ4n) is 1.67. The van der Waals surface area contributed by atoms with Crippen molar-refractivity contribution < 1.29 is 8.42 Å². The van der Waals surface area contributed by atoms with E-state index in [-0.39, 0.29) is 4.90 Å². The average Bonchev–Trinajstić information content (AvgIpc) is 2.15. The maximum atomic E-state index is 11.0. The van der Waals surface area contributed by atoms with Crippen molar-refractivity contribution >= 4 is 10.0 Å². The van der Waals surface area contributed by atoms with Crippen LogP contribution in [0.25, 0.3) is 0 Å². The Morgan fingerprint density at radius 2 is 1.88 bits per heavy atom. The molecule has 5 heteroatoms. The molecule has 0 bridgehead atoms. The second-order valence-electron chi connectivity index (χ2n) is 4.20. The predicted molar refractivity (Wildman–Crippen MR) is 62.3 cm³/mol. The normalized spacial score (nSPS) is 17.1. The Morgan fingerprint density at radius 1 is 1.25 bits per heavy atom. The summed E-state index contributed by atoms with van der Waals surface area (Å²) >= 11 is 0. The number of hydrogen-bond acceptors (Lipinski definition) is 3.